The van der Waals surface area contributed by atoms with Crippen molar-refractivity contribution in [1.29, 1.82) is 0 Å². The van der Waals surface area contributed by atoms with Gasteiger partial charge in [-0.05, 0) is 46.5 Å². The van der Waals surface area contributed by atoms with Gasteiger partial charge in [-0.1, -0.05) is 19.9 Å². The predicted octanol–water partition coefficient (Wildman–Crippen LogP) is 3.92. The van der Waals surface area contributed by atoms with E-state index < -0.39 is 0 Å². The normalized spacial score (nSPS) is 23.1. The molecule has 0 aromatic heterocycles. The van der Waals surface area contributed by atoms with E-state index in [0.29, 0.717) is 12.0 Å². The fourth-order valence-corrected chi connectivity index (χ4v) is 3.23. The Morgan fingerprint density at radius 1 is 1.45 bits per heavy atom. The number of benzene rings is 1. The minimum atomic E-state index is 0.178. The van der Waals surface area contributed by atoms with Crippen molar-refractivity contribution >= 4 is 15.9 Å². The van der Waals surface area contributed by atoms with Gasteiger partial charge in [0.1, 0.15) is 5.75 Å². The minimum absolute atomic E-state index is 0.178. The van der Waals surface area contributed by atoms with Crippen molar-refractivity contribution in [2.75, 3.05) is 20.3 Å². The Kier molecular flexibility index (Phi) is 5.87. The number of nitrogens with one attached hydrogen (secondary N) is 1. The average molecular weight is 342 g/mol. The van der Waals surface area contributed by atoms with Crippen LogP contribution in [0.3, 0.4) is 0 Å². The molecule has 2 atom stereocenters. The predicted molar refractivity (Wildman–Crippen MR) is 85.2 cm³/mol. The smallest absolute Gasteiger partial charge is 0.133 e. The molecule has 2 rings (SSSR count). The number of hydrogen-bond acceptors (Lipinski definition) is 3. The third-order valence-corrected chi connectivity index (χ3v) is 4.36. The molecule has 0 aliphatic carbocycles. The van der Waals surface area contributed by atoms with Crippen LogP contribution >= 0.6 is 15.9 Å². The van der Waals surface area contributed by atoms with Gasteiger partial charge in [0.25, 0.3) is 0 Å². The zero-order valence-electron chi connectivity index (χ0n) is 12.5. The molecule has 1 aromatic rings. The summed E-state index contributed by atoms with van der Waals surface area (Å²) in [5.74, 6) is 1.40. The first-order valence-corrected chi connectivity index (χ1v) is 8.09. The van der Waals surface area contributed by atoms with E-state index >= 15 is 0 Å². The Labute approximate surface area is 130 Å². The van der Waals surface area contributed by atoms with Crippen LogP contribution in [0.25, 0.3) is 0 Å². The van der Waals surface area contributed by atoms with Gasteiger partial charge in [0.15, 0.2) is 0 Å². The van der Waals surface area contributed by atoms with Gasteiger partial charge in [-0.3, -0.25) is 0 Å². The molecular formula is C16H24BrNO2. The van der Waals surface area contributed by atoms with Crippen LogP contribution in [0.4, 0.5) is 0 Å². The van der Waals surface area contributed by atoms with Crippen LogP contribution in [0, 0.1) is 5.92 Å². The van der Waals surface area contributed by atoms with Gasteiger partial charge in [0.2, 0.25) is 0 Å². The van der Waals surface area contributed by atoms with E-state index in [9.17, 15) is 0 Å². The standard InChI is InChI=1S/C16H24BrNO2/c1-11(2)18-10-13-5-4-8-20-16(13)12-6-7-15(19-3)14(17)9-12/h6-7,9,11,13,16,18H,4-5,8,10H2,1-3H3. The summed E-state index contributed by atoms with van der Waals surface area (Å²) in [6, 6.07) is 6.75. The number of hydrogen-bond donors (Lipinski definition) is 1. The second kappa shape index (κ2) is 7.43. The molecule has 1 heterocycles. The van der Waals surface area contributed by atoms with Crippen LogP contribution in [-0.4, -0.2) is 26.3 Å². The molecule has 1 aliphatic heterocycles. The highest BCUT2D eigenvalue weighted by molar-refractivity contribution is 9.10. The van der Waals surface area contributed by atoms with E-state index in [2.05, 4.69) is 47.2 Å². The quantitative estimate of drug-likeness (QED) is 0.880. The Morgan fingerprint density at radius 3 is 2.90 bits per heavy atom. The fraction of sp³-hybridized carbons (Fsp3) is 0.625. The molecule has 3 nitrogen and oxygen atoms in total. The molecule has 0 saturated carbocycles. The molecule has 112 valence electrons. The lowest BCUT2D eigenvalue weighted by molar-refractivity contribution is -0.0282. The molecule has 2 unspecified atom stereocenters. The topological polar surface area (TPSA) is 30.5 Å². The van der Waals surface area contributed by atoms with Gasteiger partial charge in [-0.25, -0.2) is 0 Å². The van der Waals surface area contributed by atoms with Crippen molar-refractivity contribution in [1.82, 2.24) is 5.32 Å². The summed E-state index contributed by atoms with van der Waals surface area (Å²) in [6.07, 6.45) is 2.55. The van der Waals surface area contributed by atoms with Gasteiger partial charge in [-0.15, -0.1) is 0 Å². The molecule has 0 bridgehead atoms. The summed E-state index contributed by atoms with van der Waals surface area (Å²) in [5, 5.41) is 3.54. The highest BCUT2D eigenvalue weighted by atomic mass is 79.9. The van der Waals surface area contributed by atoms with Crippen LogP contribution in [0.5, 0.6) is 5.75 Å². The van der Waals surface area contributed by atoms with Crippen LogP contribution in [0.1, 0.15) is 38.4 Å². The highest BCUT2D eigenvalue weighted by Gasteiger charge is 2.27. The maximum absolute atomic E-state index is 6.04. The summed E-state index contributed by atoms with van der Waals surface area (Å²) in [7, 11) is 1.69. The second-order valence-corrected chi connectivity index (χ2v) is 6.50. The van der Waals surface area contributed by atoms with Crippen LogP contribution < -0.4 is 10.1 Å². The Hall–Kier alpha value is -0.580. The molecular weight excluding hydrogens is 318 g/mol. The number of halogens is 1. The molecule has 1 fully saturated rings. The van der Waals surface area contributed by atoms with Crippen molar-refractivity contribution in [3.63, 3.8) is 0 Å². The fourth-order valence-electron chi connectivity index (χ4n) is 2.67. The first-order chi connectivity index (χ1) is 9.61. The summed E-state index contributed by atoms with van der Waals surface area (Å²) in [6.45, 7) is 6.23. The lowest BCUT2D eigenvalue weighted by Gasteiger charge is -2.33. The molecule has 20 heavy (non-hydrogen) atoms. The first-order valence-electron chi connectivity index (χ1n) is 7.30. The Balaban J connectivity index is 2.12. The molecule has 4 heteroatoms. The van der Waals surface area contributed by atoms with Crippen LogP contribution in [0.2, 0.25) is 0 Å². The third kappa shape index (κ3) is 3.96. The first kappa shape index (κ1) is 15.8. The maximum atomic E-state index is 6.04. The third-order valence-electron chi connectivity index (χ3n) is 3.74. The zero-order valence-corrected chi connectivity index (χ0v) is 14.1. The van der Waals surface area contributed by atoms with Gasteiger partial charge >= 0.3 is 0 Å². The maximum Gasteiger partial charge on any atom is 0.133 e. The Morgan fingerprint density at radius 2 is 2.25 bits per heavy atom. The van der Waals surface area contributed by atoms with E-state index in [1.807, 2.05) is 6.07 Å². The zero-order chi connectivity index (χ0) is 14.5. The van der Waals surface area contributed by atoms with Crippen molar-refractivity contribution < 1.29 is 9.47 Å². The monoisotopic (exact) mass is 341 g/mol. The average Bonchev–Trinajstić information content (AvgIpc) is 2.45. The van der Waals surface area contributed by atoms with E-state index in [1.54, 1.807) is 7.11 Å². The second-order valence-electron chi connectivity index (χ2n) is 5.65. The molecule has 1 aliphatic rings. The van der Waals surface area contributed by atoms with Crippen molar-refractivity contribution in [2.24, 2.45) is 5.92 Å². The van der Waals surface area contributed by atoms with Crippen molar-refractivity contribution in [2.45, 2.75) is 38.8 Å². The summed E-state index contributed by atoms with van der Waals surface area (Å²) in [4.78, 5) is 0. The van der Waals surface area contributed by atoms with E-state index in [0.717, 1.165) is 29.8 Å². The summed E-state index contributed by atoms with van der Waals surface area (Å²) >= 11 is 3.56. The minimum Gasteiger partial charge on any atom is -0.496 e. The van der Waals surface area contributed by atoms with Gasteiger partial charge < -0.3 is 14.8 Å². The summed E-state index contributed by atoms with van der Waals surface area (Å²) < 4.78 is 12.3. The largest absolute Gasteiger partial charge is 0.496 e. The lowest BCUT2D eigenvalue weighted by Crippen LogP contribution is -2.35. The lowest BCUT2D eigenvalue weighted by atomic mass is 9.89. The van der Waals surface area contributed by atoms with Gasteiger partial charge in [-0.2, -0.15) is 0 Å². The van der Waals surface area contributed by atoms with Crippen molar-refractivity contribution in [3.05, 3.63) is 28.2 Å². The molecule has 1 N–H and O–H groups in total. The molecule has 0 radical (unpaired) electrons. The number of rotatable bonds is 5. The van der Waals surface area contributed by atoms with Gasteiger partial charge in [0.05, 0.1) is 17.7 Å². The van der Waals surface area contributed by atoms with Crippen LogP contribution in [0.15, 0.2) is 22.7 Å². The van der Waals surface area contributed by atoms with Crippen molar-refractivity contribution in [3.8, 4) is 5.75 Å². The summed E-state index contributed by atoms with van der Waals surface area (Å²) in [5.41, 5.74) is 1.23. The number of methoxy groups -OCH3 is 1. The molecule has 0 amide bonds. The van der Waals surface area contributed by atoms with E-state index in [-0.39, 0.29) is 6.10 Å². The number of ether oxygens (including phenoxy) is 2. The highest BCUT2D eigenvalue weighted by Crippen LogP contribution is 2.36. The van der Waals surface area contributed by atoms with E-state index in [4.69, 9.17) is 9.47 Å². The van der Waals surface area contributed by atoms with Crippen LogP contribution in [-0.2, 0) is 4.74 Å². The van der Waals surface area contributed by atoms with E-state index in [1.165, 1.54) is 12.0 Å². The SMILES string of the molecule is COc1ccc(C2OCCCC2CNC(C)C)cc1Br. The Bertz CT molecular complexity index is 436. The molecule has 0 spiro atoms. The van der Waals surface area contributed by atoms with Gasteiger partial charge in [0, 0.05) is 25.1 Å². The molecule has 1 saturated heterocycles. The molecule has 1 aromatic carbocycles.